The number of aryl methyl sites for hydroxylation is 1. The van der Waals surface area contributed by atoms with Crippen molar-refractivity contribution in [1.82, 2.24) is 24.3 Å². The lowest BCUT2D eigenvalue weighted by Gasteiger charge is -2.13. The molecule has 1 saturated carbocycles. The summed E-state index contributed by atoms with van der Waals surface area (Å²) in [6, 6.07) is 4.54. The van der Waals surface area contributed by atoms with E-state index in [1.807, 2.05) is 6.92 Å². The summed E-state index contributed by atoms with van der Waals surface area (Å²) >= 11 is 0. The maximum atomic E-state index is 13.1. The Morgan fingerprint density at radius 1 is 1.23 bits per heavy atom. The lowest BCUT2D eigenvalue weighted by molar-refractivity contribution is 0.283. The van der Waals surface area contributed by atoms with Gasteiger partial charge in [-0.15, -0.1) is 5.10 Å². The molecule has 0 saturated heterocycles. The number of benzene rings is 1. The molecule has 0 atom stereocenters. The molecular weight excluding hydrogens is 470 g/mol. The second kappa shape index (κ2) is 10.9. The summed E-state index contributed by atoms with van der Waals surface area (Å²) in [6.45, 7) is 4.36. The average Bonchev–Trinajstić information content (AvgIpc) is 3.47. The lowest BCUT2D eigenvalue weighted by atomic mass is 10.1. The van der Waals surface area contributed by atoms with Gasteiger partial charge in [0.05, 0.1) is 22.8 Å². The van der Waals surface area contributed by atoms with Crippen LogP contribution in [0, 0.1) is 6.92 Å². The minimum Gasteiger partial charge on any atom is -0.493 e. The van der Waals surface area contributed by atoms with E-state index in [1.165, 1.54) is 12.1 Å². The summed E-state index contributed by atoms with van der Waals surface area (Å²) in [7, 11) is -3.79. The average molecular weight is 504 g/mol. The molecule has 4 rings (SSSR count). The summed E-state index contributed by atoms with van der Waals surface area (Å²) in [5, 5.41) is 13.6. The second-order valence-corrected chi connectivity index (χ2v) is 10.6. The SMILES string of the molecule is CCOc1ccc(S(=O)(=O)NCCCCCO)cc1-c1nn2c(C3CCCC3)nc(C)c2c(=O)[nH]1. The highest BCUT2D eigenvalue weighted by Crippen LogP contribution is 2.34. The first-order chi connectivity index (χ1) is 16.9. The highest BCUT2D eigenvalue weighted by molar-refractivity contribution is 7.89. The lowest BCUT2D eigenvalue weighted by Crippen LogP contribution is -2.25. The summed E-state index contributed by atoms with van der Waals surface area (Å²) in [6.07, 6.45) is 6.24. The number of aliphatic hydroxyl groups is 1. The molecule has 2 heterocycles. The van der Waals surface area contributed by atoms with E-state index < -0.39 is 10.0 Å². The molecule has 1 aliphatic carbocycles. The summed E-state index contributed by atoms with van der Waals surface area (Å²) < 4.78 is 35.8. The number of H-pyrrole nitrogens is 1. The Hall–Kier alpha value is -2.76. The van der Waals surface area contributed by atoms with Crippen LogP contribution in [0.25, 0.3) is 16.9 Å². The fourth-order valence-electron chi connectivity index (χ4n) is 4.61. The minimum atomic E-state index is -3.79. The predicted octanol–water partition coefficient (Wildman–Crippen LogP) is 2.89. The van der Waals surface area contributed by atoms with Crippen LogP contribution in [0.15, 0.2) is 27.9 Å². The van der Waals surface area contributed by atoms with Crippen LogP contribution in [0.2, 0.25) is 0 Å². The molecule has 2 aromatic heterocycles. The van der Waals surface area contributed by atoms with Gasteiger partial charge in [0.25, 0.3) is 5.56 Å². The van der Waals surface area contributed by atoms with Crippen LogP contribution >= 0.6 is 0 Å². The highest BCUT2D eigenvalue weighted by atomic mass is 32.2. The Morgan fingerprint density at radius 3 is 2.71 bits per heavy atom. The molecule has 0 aliphatic heterocycles. The van der Waals surface area contributed by atoms with Crippen molar-refractivity contribution in [2.24, 2.45) is 0 Å². The molecule has 1 aliphatic rings. The van der Waals surface area contributed by atoms with Crippen LogP contribution in [-0.2, 0) is 10.0 Å². The Bertz CT molecular complexity index is 1340. The van der Waals surface area contributed by atoms with E-state index in [0.717, 1.165) is 37.9 Å². The third-order valence-corrected chi connectivity index (χ3v) is 7.82. The van der Waals surface area contributed by atoms with Crippen molar-refractivity contribution >= 4 is 15.5 Å². The van der Waals surface area contributed by atoms with Gasteiger partial charge in [0.1, 0.15) is 11.6 Å². The first-order valence-corrected chi connectivity index (χ1v) is 13.7. The van der Waals surface area contributed by atoms with E-state index in [4.69, 9.17) is 14.9 Å². The molecule has 11 heteroatoms. The number of aromatic amines is 1. The first-order valence-electron chi connectivity index (χ1n) is 12.2. The van der Waals surface area contributed by atoms with Crippen LogP contribution in [0.4, 0.5) is 0 Å². The molecule has 3 N–H and O–H groups in total. The summed E-state index contributed by atoms with van der Waals surface area (Å²) in [4.78, 5) is 20.6. The van der Waals surface area contributed by atoms with Crippen molar-refractivity contribution in [3.63, 3.8) is 0 Å². The Labute approximate surface area is 204 Å². The van der Waals surface area contributed by atoms with Gasteiger partial charge in [0.2, 0.25) is 10.0 Å². The number of hydrogen-bond acceptors (Lipinski definition) is 7. The number of aromatic nitrogens is 4. The molecular formula is C24H33N5O5S. The zero-order valence-electron chi connectivity index (χ0n) is 20.2. The van der Waals surface area contributed by atoms with Gasteiger partial charge in [-0.2, -0.15) is 0 Å². The molecule has 0 spiro atoms. The summed E-state index contributed by atoms with van der Waals surface area (Å²) in [5.41, 5.74) is 1.08. The molecule has 35 heavy (non-hydrogen) atoms. The van der Waals surface area contributed by atoms with Gasteiger partial charge in [0, 0.05) is 19.1 Å². The molecule has 0 bridgehead atoms. The third-order valence-electron chi connectivity index (χ3n) is 6.36. The maximum absolute atomic E-state index is 13.1. The Morgan fingerprint density at radius 2 is 2.00 bits per heavy atom. The zero-order valence-corrected chi connectivity index (χ0v) is 21.0. The quantitative estimate of drug-likeness (QED) is 0.342. The fraction of sp³-hybridized carbons (Fsp3) is 0.542. The number of unbranched alkanes of at least 4 members (excludes halogenated alkanes) is 2. The molecule has 0 unspecified atom stereocenters. The first kappa shape index (κ1) is 25.3. The second-order valence-electron chi connectivity index (χ2n) is 8.87. The van der Waals surface area contributed by atoms with Gasteiger partial charge in [-0.25, -0.2) is 22.6 Å². The standard InChI is InChI=1S/C24H33N5O5S/c1-3-34-20-12-11-18(35(32,33)25-13-7-4-8-14-30)15-19(20)22-27-24(31)21-16(2)26-23(29(21)28-22)17-9-5-6-10-17/h11-12,15,17,25,30H,3-10,13-14H2,1-2H3,(H,27,28,31). The van der Waals surface area contributed by atoms with E-state index >= 15 is 0 Å². The van der Waals surface area contributed by atoms with Crippen molar-refractivity contribution in [1.29, 1.82) is 0 Å². The van der Waals surface area contributed by atoms with E-state index in [1.54, 1.807) is 17.5 Å². The van der Waals surface area contributed by atoms with Crippen LogP contribution in [0.5, 0.6) is 5.75 Å². The number of rotatable bonds is 11. The topological polar surface area (TPSA) is 139 Å². The van der Waals surface area contributed by atoms with Gasteiger partial charge in [-0.3, -0.25) is 4.79 Å². The van der Waals surface area contributed by atoms with Gasteiger partial charge < -0.3 is 14.8 Å². The maximum Gasteiger partial charge on any atom is 0.277 e. The number of hydrogen-bond donors (Lipinski definition) is 3. The minimum absolute atomic E-state index is 0.0543. The number of nitrogens with zero attached hydrogens (tertiary/aromatic N) is 3. The third kappa shape index (κ3) is 5.41. The Kier molecular flexibility index (Phi) is 7.88. The number of ether oxygens (including phenoxy) is 1. The smallest absolute Gasteiger partial charge is 0.277 e. The molecule has 0 radical (unpaired) electrons. The molecule has 190 valence electrons. The normalized spacial score (nSPS) is 14.7. The van der Waals surface area contributed by atoms with Gasteiger partial charge in [-0.05, 0) is 64.2 Å². The number of imidazole rings is 1. The molecule has 1 aromatic carbocycles. The van der Waals surface area contributed by atoms with Crippen molar-refractivity contribution in [2.75, 3.05) is 19.8 Å². The predicted molar refractivity (Wildman–Crippen MR) is 132 cm³/mol. The van der Waals surface area contributed by atoms with E-state index in [9.17, 15) is 13.2 Å². The van der Waals surface area contributed by atoms with Crippen LogP contribution in [0.1, 0.15) is 69.3 Å². The number of nitrogens with one attached hydrogen (secondary N) is 2. The van der Waals surface area contributed by atoms with Crippen molar-refractivity contribution < 1.29 is 18.3 Å². The van der Waals surface area contributed by atoms with Crippen molar-refractivity contribution in [2.45, 2.75) is 69.6 Å². The van der Waals surface area contributed by atoms with Crippen LogP contribution in [0.3, 0.4) is 0 Å². The fourth-order valence-corrected chi connectivity index (χ4v) is 5.71. The largest absolute Gasteiger partial charge is 0.493 e. The molecule has 0 amide bonds. The zero-order chi connectivity index (χ0) is 25.0. The summed E-state index contributed by atoms with van der Waals surface area (Å²) in [5.74, 6) is 1.67. The number of fused-ring (bicyclic) bond motifs is 1. The molecule has 1 fully saturated rings. The van der Waals surface area contributed by atoms with Gasteiger partial charge in [0.15, 0.2) is 11.3 Å². The molecule has 10 nitrogen and oxygen atoms in total. The van der Waals surface area contributed by atoms with E-state index in [2.05, 4.69) is 14.7 Å². The van der Waals surface area contributed by atoms with E-state index in [0.29, 0.717) is 42.0 Å². The Balaban J connectivity index is 1.75. The van der Waals surface area contributed by atoms with Crippen LogP contribution in [-0.4, -0.2) is 52.9 Å². The van der Waals surface area contributed by atoms with E-state index in [-0.39, 0.29) is 35.3 Å². The van der Waals surface area contributed by atoms with Gasteiger partial charge >= 0.3 is 0 Å². The van der Waals surface area contributed by atoms with Crippen LogP contribution < -0.4 is 15.0 Å². The monoisotopic (exact) mass is 503 g/mol. The highest BCUT2D eigenvalue weighted by Gasteiger charge is 2.26. The van der Waals surface area contributed by atoms with Crippen molar-refractivity contribution in [3.8, 4) is 17.1 Å². The number of sulfonamides is 1. The number of aliphatic hydroxyl groups excluding tert-OH is 1. The van der Waals surface area contributed by atoms with Crippen molar-refractivity contribution in [3.05, 3.63) is 40.1 Å². The van der Waals surface area contributed by atoms with Gasteiger partial charge in [-0.1, -0.05) is 12.8 Å². The molecule has 3 aromatic rings.